The fourth-order valence-electron chi connectivity index (χ4n) is 3.47. The number of hydrogen-bond donors (Lipinski definition) is 2. The molecule has 0 amide bonds. The van der Waals surface area contributed by atoms with Gasteiger partial charge in [0.1, 0.15) is 18.1 Å². The standard InChI is InChI=1S/C21H19N3O3.CH4O4S/c1-23-11-12-24(13-23)10-4-9-22-16-7-8-17(25)19-18(16)20(26)14-5-2-3-6-15(14)21(19)27;1-5-6(2,3)4/h2-3,5-8,11-13H,4,9-10H2,1H3,(H-,22,25,26,27);1H3,(H,2,3,4). The van der Waals surface area contributed by atoms with E-state index < -0.39 is 10.4 Å². The number of nitrogens with zero attached hydrogens (tertiary/aromatic N) is 2. The molecule has 1 aliphatic rings. The summed E-state index contributed by atoms with van der Waals surface area (Å²) >= 11 is 0. The Morgan fingerprint density at radius 1 is 1.09 bits per heavy atom. The van der Waals surface area contributed by atoms with Crippen molar-refractivity contribution in [3.63, 3.8) is 0 Å². The van der Waals surface area contributed by atoms with Crippen molar-refractivity contribution in [3.8, 4) is 5.75 Å². The zero-order valence-electron chi connectivity index (χ0n) is 18.0. The maximum Gasteiger partial charge on any atom is 0.243 e. The lowest BCUT2D eigenvalue weighted by Crippen LogP contribution is -2.24. The molecule has 0 bridgehead atoms. The molecule has 33 heavy (non-hydrogen) atoms. The number of fused-ring (bicyclic) bond motifs is 2. The van der Waals surface area contributed by atoms with Crippen molar-refractivity contribution >= 4 is 27.7 Å². The van der Waals surface area contributed by atoms with E-state index in [9.17, 15) is 27.7 Å². The van der Waals surface area contributed by atoms with E-state index >= 15 is 0 Å². The van der Waals surface area contributed by atoms with Crippen molar-refractivity contribution in [2.75, 3.05) is 19.0 Å². The second-order valence-corrected chi connectivity index (χ2v) is 8.41. The van der Waals surface area contributed by atoms with E-state index in [0.29, 0.717) is 23.4 Å². The number of phenolic OH excluding ortho intramolecular Hbond substituents is 1. The van der Waals surface area contributed by atoms with Crippen molar-refractivity contribution < 1.29 is 36.4 Å². The van der Waals surface area contributed by atoms with Crippen LogP contribution in [0.15, 0.2) is 55.1 Å². The first-order valence-electron chi connectivity index (χ1n) is 9.93. The van der Waals surface area contributed by atoms with Crippen LogP contribution in [0.3, 0.4) is 0 Å². The summed E-state index contributed by atoms with van der Waals surface area (Å²) in [5.41, 5.74) is 1.63. The zero-order valence-corrected chi connectivity index (χ0v) is 18.8. The van der Waals surface area contributed by atoms with Crippen LogP contribution in [0.4, 0.5) is 5.69 Å². The predicted molar refractivity (Wildman–Crippen MR) is 117 cm³/mol. The molecule has 2 N–H and O–H groups in total. The molecule has 0 saturated carbocycles. The first kappa shape index (κ1) is 24.1. The van der Waals surface area contributed by atoms with Crippen molar-refractivity contribution in [2.24, 2.45) is 7.05 Å². The summed E-state index contributed by atoms with van der Waals surface area (Å²) in [6.45, 7) is 1.48. The second-order valence-electron chi connectivity index (χ2n) is 7.26. The third-order valence-electron chi connectivity index (χ3n) is 4.99. The molecular formula is C22H23N3O7S. The summed E-state index contributed by atoms with van der Waals surface area (Å²) in [7, 11) is -1.63. The van der Waals surface area contributed by atoms with Crippen molar-refractivity contribution in [3.05, 3.63) is 77.4 Å². The number of aromatic nitrogens is 2. The number of aryl methyl sites for hydroxylation is 2. The highest BCUT2D eigenvalue weighted by molar-refractivity contribution is 7.80. The lowest BCUT2D eigenvalue weighted by atomic mass is 9.82. The van der Waals surface area contributed by atoms with E-state index in [1.54, 1.807) is 30.3 Å². The number of hydrogen-bond acceptors (Lipinski definition) is 8. The summed E-state index contributed by atoms with van der Waals surface area (Å²) in [5.74, 6) is -0.722. The average Bonchev–Trinajstić information content (AvgIpc) is 3.20. The first-order valence-corrected chi connectivity index (χ1v) is 11.3. The number of benzene rings is 2. The molecule has 1 aliphatic carbocycles. The number of carbonyl (C=O) groups excluding carboxylic acids is 2. The van der Waals surface area contributed by atoms with Gasteiger partial charge in [0, 0.05) is 29.8 Å². The summed E-state index contributed by atoms with van der Waals surface area (Å²) in [4.78, 5) is 25.8. The number of rotatable bonds is 6. The van der Waals surface area contributed by atoms with Gasteiger partial charge in [0.2, 0.25) is 16.7 Å². The monoisotopic (exact) mass is 473 g/mol. The van der Waals surface area contributed by atoms with Gasteiger partial charge in [-0.15, -0.1) is 0 Å². The van der Waals surface area contributed by atoms with Crippen LogP contribution >= 0.6 is 0 Å². The summed E-state index contributed by atoms with van der Waals surface area (Å²) in [6, 6.07) is 9.85. The third-order valence-corrected chi connectivity index (χ3v) is 5.40. The van der Waals surface area contributed by atoms with Crippen LogP contribution in [0.2, 0.25) is 0 Å². The molecule has 1 heterocycles. The lowest BCUT2D eigenvalue weighted by molar-refractivity contribution is -0.671. The quantitative estimate of drug-likeness (QED) is 0.141. The van der Waals surface area contributed by atoms with Crippen LogP contribution in [-0.4, -0.2) is 47.9 Å². The summed E-state index contributed by atoms with van der Waals surface area (Å²) < 4.78 is 35.1. The highest BCUT2D eigenvalue weighted by atomic mass is 32.3. The normalized spacial score (nSPS) is 12.5. The Labute approximate surface area is 191 Å². The number of ketones is 2. The van der Waals surface area contributed by atoms with Gasteiger partial charge in [-0.2, -0.15) is 0 Å². The fraction of sp³-hybridized carbons (Fsp3) is 0.227. The molecule has 4 rings (SSSR count). The number of phenols is 1. The molecule has 0 fully saturated rings. The number of nitrogens with one attached hydrogen (secondary N) is 1. The summed E-state index contributed by atoms with van der Waals surface area (Å²) in [5, 5.41) is 13.5. The molecule has 0 radical (unpaired) electrons. The Balaban J connectivity index is 0.000000454. The van der Waals surface area contributed by atoms with Gasteiger partial charge in [-0.05, 0) is 12.1 Å². The highest BCUT2D eigenvalue weighted by Gasteiger charge is 2.33. The lowest BCUT2D eigenvalue weighted by Gasteiger charge is -2.21. The molecular weight excluding hydrogens is 450 g/mol. The smallest absolute Gasteiger partial charge is 0.243 e. The molecule has 3 aromatic rings. The minimum atomic E-state index is -4.41. The fourth-order valence-corrected chi connectivity index (χ4v) is 3.47. The van der Waals surface area contributed by atoms with Gasteiger partial charge in [0.15, 0.2) is 11.6 Å². The molecule has 11 heteroatoms. The van der Waals surface area contributed by atoms with E-state index in [2.05, 4.69) is 14.1 Å². The molecule has 1 aromatic heterocycles. The number of imidazole rings is 1. The van der Waals surface area contributed by atoms with E-state index in [4.69, 9.17) is 0 Å². The second kappa shape index (κ2) is 9.94. The van der Waals surface area contributed by atoms with Crippen LogP contribution < -0.4 is 9.88 Å². The van der Waals surface area contributed by atoms with E-state index in [0.717, 1.165) is 20.1 Å². The minimum absolute atomic E-state index is 0.0844. The van der Waals surface area contributed by atoms with Gasteiger partial charge >= 0.3 is 0 Å². The maximum atomic E-state index is 13.0. The van der Waals surface area contributed by atoms with Gasteiger partial charge in [-0.25, -0.2) is 17.6 Å². The Morgan fingerprint density at radius 2 is 1.70 bits per heavy atom. The number of carbonyl (C=O) groups is 2. The molecule has 10 nitrogen and oxygen atoms in total. The van der Waals surface area contributed by atoms with E-state index in [-0.39, 0.29) is 28.4 Å². The van der Waals surface area contributed by atoms with Crippen LogP contribution in [0, 0.1) is 0 Å². The molecule has 0 saturated heterocycles. The average molecular weight is 474 g/mol. The SMILES string of the molecule is COS(=O)(=O)[O-].C[n+]1ccn(CCCNc2ccc(O)c3c2C(=O)c2ccccc2C3=O)c1. The van der Waals surface area contributed by atoms with Crippen molar-refractivity contribution in [1.29, 1.82) is 0 Å². The topological polar surface area (TPSA) is 142 Å². The van der Waals surface area contributed by atoms with Crippen LogP contribution in [0.25, 0.3) is 0 Å². The van der Waals surface area contributed by atoms with Gasteiger partial charge in [-0.3, -0.25) is 13.8 Å². The Hall–Kier alpha value is -3.54. The van der Waals surface area contributed by atoms with Gasteiger partial charge in [0.05, 0.1) is 31.8 Å². The zero-order chi connectivity index (χ0) is 24.2. The van der Waals surface area contributed by atoms with Crippen LogP contribution in [0.1, 0.15) is 38.3 Å². The van der Waals surface area contributed by atoms with Gasteiger partial charge < -0.3 is 15.0 Å². The Bertz CT molecular complexity index is 1300. The molecule has 0 unspecified atom stereocenters. The van der Waals surface area contributed by atoms with Crippen molar-refractivity contribution in [2.45, 2.75) is 13.0 Å². The van der Waals surface area contributed by atoms with Gasteiger partial charge in [-0.1, -0.05) is 24.3 Å². The number of aromatic hydroxyl groups is 1. The van der Waals surface area contributed by atoms with E-state index in [1.165, 1.54) is 6.07 Å². The molecule has 2 aromatic carbocycles. The van der Waals surface area contributed by atoms with Crippen molar-refractivity contribution in [1.82, 2.24) is 4.57 Å². The van der Waals surface area contributed by atoms with Gasteiger partial charge in [0.25, 0.3) is 0 Å². The number of anilines is 1. The molecule has 174 valence electrons. The highest BCUT2D eigenvalue weighted by Crippen LogP contribution is 2.36. The molecule has 0 atom stereocenters. The predicted octanol–water partition coefficient (Wildman–Crippen LogP) is 1.39. The summed E-state index contributed by atoms with van der Waals surface area (Å²) in [6.07, 6.45) is 6.83. The van der Waals surface area contributed by atoms with Crippen LogP contribution in [-0.2, 0) is 28.2 Å². The van der Waals surface area contributed by atoms with Crippen LogP contribution in [0.5, 0.6) is 5.75 Å². The Morgan fingerprint density at radius 3 is 2.24 bits per heavy atom. The Kier molecular flexibility index (Phi) is 7.26. The third kappa shape index (κ3) is 5.64. The molecule has 0 spiro atoms. The molecule has 0 aliphatic heterocycles. The largest absolute Gasteiger partial charge is 0.726 e. The first-order chi connectivity index (χ1) is 15.6. The minimum Gasteiger partial charge on any atom is -0.726 e. The van der Waals surface area contributed by atoms with E-state index in [1.807, 2.05) is 30.3 Å². The maximum absolute atomic E-state index is 13.0.